The van der Waals surface area contributed by atoms with Gasteiger partial charge in [-0.15, -0.1) is 0 Å². The Hall–Kier alpha value is -1.33. The summed E-state index contributed by atoms with van der Waals surface area (Å²) in [6, 6.07) is 17.9. The molecule has 0 N–H and O–H groups in total. The number of pyridine rings is 1. The van der Waals surface area contributed by atoms with Crippen molar-refractivity contribution in [2.24, 2.45) is 9.98 Å². The molecule has 2 aromatic carbocycles. The molecule has 0 bridgehead atoms. The third-order valence-electron chi connectivity index (χ3n) is 11.9. The maximum absolute atomic E-state index is 6.76. The standard InChI is InChI=1S/C43H54ClN3.3ClH.V/c44-35-27-36(29-45-42-38(31-15-5-1-6-16-31)23-13-24-39(42)32-17-7-2-8-18-32)47-37(28-35)30-46-43-40(33-19-9-3-10-20-33)25-14-26-41(43)34-21-11-4-12-22-34;;;;/h13-14,23-34H,1-12,15-22H2;3*1H;/q;;;;+3/p-3. The second-order valence-electron chi connectivity index (χ2n) is 15.1. The second kappa shape index (κ2) is 22.1. The van der Waals surface area contributed by atoms with Crippen molar-refractivity contribution in [2.45, 2.75) is 152 Å². The number of aromatic nitrogens is 1. The van der Waals surface area contributed by atoms with E-state index in [2.05, 4.69) is 36.4 Å². The van der Waals surface area contributed by atoms with Crippen LogP contribution in [0.4, 0.5) is 11.4 Å². The zero-order chi connectivity index (χ0) is 31.8. The molecule has 0 unspecified atom stereocenters. The maximum atomic E-state index is 6.76. The molecule has 1 heterocycles. The van der Waals surface area contributed by atoms with Crippen molar-refractivity contribution in [1.82, 2.24) is 4.98 Å². The molecule has 0 saturated heterocycles. The summed E-state index contributed by atoms with van der Waals surface area (Å²) in [5.74, 6) is 2.43. The molecule has 274 valence electrons. The van der Waals surface area contributed by atoms with Gasteiger partial charge in [-0.05, 0) is 109 Å². The zero-order valence-corrected chi connectivity index (χ0v) is 34.4. The fourth-order valence-corrected chi connectivity index (χ4v) is 9.59. The summed E-state index contributed by atoms with van der Waals surface area (Å²) in [4.78, 5) is 15.6. The van der Waals surface area contributed by atoms with Gasteiger partial charge in [-0.1, -0.05) is 125 Å². The third-order valence-corrected chi connectivity index (χ3v) is 12.1. The van der Waals surface area contributed by atoms with Crippen molar-refractivity contribution in [2.75, 3.05) is 0 Å². The zero-order valence-electron chi connectivity index (χ0n) is 30.0. The number of benzene rings is 2. The van der Waals surface area contributed by atoms with E-state index in [-0.39, 0.29) is 55.8 Å². The van der Waals surface area contributed by atoms with Gasteiger partial charge in [-0.2, -0.15) is 0 Å². The van der Waals surface area contributed by atoms with Crippen LogP contribution in [0, 0.1) is 0 Å². The van der Waals surface area contributed by atoms with E-state index in [4.69, 9.17) is 26.6 Å². The molecule has 0 radical (unpaired) electrons. The van der Waals surface area contributed by atoms with Gasteiger partial charge >= 0.3 is 18.6 Å². The molecular formula is C43H54Cl4N3V. The molecule has 7 rings (SSSR count). The largest absolute Gasteiger partial charge is 3.00 e. The first-order valence-corrected chi connectivity index (χ1v) is 19.6. The number of rotatable bonds is 8. The maximum Gasteiger partial charge on any atom is 3.00 e. The van der Waals surface area contributed by atoms with Crippen LogP contribution in [0.25, 0.3) is 0 Å². The molecule has 1 aromatic heterocycles. The molecule has 4 fully saturated rings. The van der Waals surface area contributed by atoms with E-state index in [1.54, 1.807) is 0 Å². The molecule has 4 aliphatic carbocycles. The van der Waals surface area contributed by atoms with Crippen molar-refractivity contribution >= 4 is 35.4 Å². The van der Waals surface area contributed by atoms with Crippen molar-refractivity contribution in [3.63, 3.8) is 0 Å². The Bertz CT molecular complexity index is 1370. The van der Waals surface area contributed by atoms with E-state index in [1.165, 1.54) is 162 Å². The van der Waals surface area contributed by atoms with Gasteiger partial charge in [0.15, 0.2) is 0 Å². The minimum atomic E-state index is 0. The van der Waals surface area contributed by atoms with Gasteiger partial charge in [-0.3, -0.25) is 9.98 Å². The molecule has 0 spiro atoms. The number of hydrogen-bond acceptors (Lipinski definition) is 3. The predicted octanol–water partition coefficient (Wildman–Crippen LogP) is 4.44. The first kappa shape index (κ1) is 44.1. The smallest absolute Gasteiger partial charge is 1.00 e. The molecule has 3 aromatic rings. The summed E-state index contributed by atoms with van der Waals surface area (Å²) in [6.45, 7) is 0. The minimum Gasteiger partial charge on any atom is -1.00 e. The Morgan fingerprint density at radius 2 is 0.745 bits per heavy atom. The monoisotopic (exact) mass is 803 g/mol. The van der Waals surface area contributed by atoms with Gasteiger partial charge in [-0.25, -0.2) is 4.98 Å². The van der Waals surface area contributed by atoms with E-state index in [1.807, 2.05) is 24.6 Å². The summed E-state index contributed by atoms with van der Waals surface area (Å²) in [5.41, 5.74) is 9.82. The van der Waals surface area contributed by atoms with Gasteiger partial charge in [0.2, 0.25) is 0 Å². The SMILES string of the molecule is Clc1cc(C=Nc2c(C3CCCCC3)cccc2C2CCCCC2)nc(C=Nc2c(C3CCCCC3)cccc2C2CCCCC2)c1.[Cl-].[Cl-].[Cl-].[V+3]. The first-order chi connectivity index (χ1) is 23.2. The van der Waals surface area contributed by atoms with Crippen LogP contribution in [-0.4, -0.2) is 17.4 Å². The molecule has 0 atom stereocenters. The van der Waals surface area contributed by atoms with Crippen LogP contribution in [0.3, 0.4) is 0 Å². The van der Waals surface area contributed by atoms with E-state index in [9.17, 15) is 0 Å². The van der Waals surface area contributed by atoms with Gasteiger partial charge in [0, 0.05) is 5.02 Å². The van der Waals surface area contributed by atoms with Crippen molar-refractivity contribution in [1.29, 1.82) is 0 Å². The molecule has 0 amide bonds. The normalized spacial score (nSPS) is 19.5. The fraction of sp³-hybridized carbons (Fsp3) is 0.558. The molecular weight excluding hydrogens is 751 g/mol. The number of nitrogens with zero attached hydrogens (tertiary/aromatic N) is 3. The summed E-state index contributed by atoms with van der Waals surface area (Å²) >= 11 is 6.76. The number of hydrogen-bond donors (Lipinski definition) is 0. The van der Waals surface area contributed by atoms with E-state index < -0.39 is 0 Å². The Balaban J connectivity index is 0.00000176. The van der Waals surface area contributed by atoms with E-state index >= 15 is 0 Å². The fourth-order valence-electron chi connectivity index (χ4n) is 9.36. The Kier molecular flexibility index (Phi) is 19.1. The van der Waals surface area contributed by atoms with Crippen LogP contribution in [0.2, 0.25) is 5.02 Å². The average molecular weight is 806 g/mol. The van der Waals surface area contributed by atoms with Crippen LogP contribution < -0.4 is 37.2 Å². The van der Waals surface area contributed by atoms with Gasteiger partial charge in [0.05, 0.1) is 35.2 Å². The van der Waals surface area contributed by atoms with Crippen LogP contribution in [0.5, 0.6) is 0 Å². The minimum absolute atomic E-state index is 0. The first-order valence-electron chi connectivity index (χ1n) is 19.2. The van der Waals surface area contributed by atoms with Gasteiger partial charge in [0.25, 0.3) is 0 Å². The molecule has 4 aliphatic rings. The Morgan fingerprint density at radius 1 is 0.471 bits per heavy atom. The molecule has 8 heteroatoms. The number of halogens is 4. The van der Waals surface area contributed by atoms with Crippen LogP contribution in [0.15, 0.2) is 58.5 Å². The molecule has 3 nitrogen and oxygen atoms in total. The third kappa shape index (κ3) is 11.3. The summed E-state index contributed by atoms with van der Waals surface area (Å²) in [6.07, 6.45) is 30.2. The molecule has 4 saturated carbocycles. The van der Waals surface area contributed by atoms with Crippen LogP contribution >= 0.6 is 11.6 Å². The Morgan fingerprint density at radius 3 is 1.02 bits per heavy atom. The van der Waals surface area contributed by atoms with Gasteiger partial charge in [0.1, 0.15) is 0 Å². The van der Waals surface area contributed by atoms with Crippen LogP contribution in [-0.2, 0) is 18.6 Å². The predicted molar refractivity (Wildman–Crippen MR) is 200 cm³/mol. The topological polar surface area (TPSA) is 37.6 Å². The quantitative estimate of drug-likeness (QED) is 0.311. The van der Waals surface area contributed by atoms with E-state index in [0.29, 0.717) is 28.7 Å². The summed E-state index contributed by atoms with van der Waals surface area (Å²) in [7, 11) is 0. The summed E-state index contributed by atoms with van der Waals surface area (Å²) in [5, 5.41) is 0.684. The van der Waals surface area contributed by atoms with Crippen molar-refractivity contribution < 1.29 is 55.8 Å². The number of para-hydroxylation sites is 2. The number of aliphatic imine (C=N–C) groups is 2. The van der Waals surface area contributed by atoms with Crippen molar-refractivity contribution in [3.8, 4) is 0 Å². The molecule has 51 heavy (non-hydrogen) atoms. The second-order valence-corrected chi connectivity index (χ2v) is 15.5. The summed E-state index contributed by atoms with van der Waals surface area (Å²) < 4.78 is 0. The van der Waals surface area contributed by atoms with Crippen LogP contribution in [0.1, 0.15) is 186 Å². The van der Waals surface area contributed by atoms with Gasteiger partial charge < -0.3 is 37.2 Å². The molecule has 0 aliphatic heterocycles. The Labute approximate surface area is 343 Å². The van der Waals surface area contributed by atoms with E-state index in [0.717, 1.165) is 11.4 Å². The van der Waals surface area contributed by atoms with Crippen molar-refractivity contribution in [3.05, 3.63) is 87.2 Å². The average Bonchev–Trinajstić information content (AvgIpc) is 3.14.